The smallest absolute Gasteiger partial charge is 0.326 e. The van der Waals surface area contributed by atoms with Gasteiger partial charge in [0.15, 0.2) is 0 Å². The van der Waals surface area contributed by atoms with E-state index in [1.165, 1.54) is 24.3 Å². The van der Waals surface area contributed by atoms with Crippen LogP contribution in [0.5, 0.6) is 5.75 Å². The van der Waals surface area contributed by atoms with E-state index >= 15 is 0 Å². The maximum atomic E-state index is 13.1. The van der Waals surface area contributed by atoms with Crippen LogP contribution in [0.25, 0.3) is 0 Å². The van der Waals surface area contributed by atoms with Gasteiger partial charge in [-0.3, -0.25) is 19.2 Å². The van der Waals surface area contributed by atoms with Crippen molar-refractivity contribution in [1.29, 1.82) is 0 Å². The average Bonchev–Trinajstić information content (AvgIpc) is 2.80. The molecule has 0 aliphatic heterocycles. The molecule has 0 aliphatic carbocycles. The van der Waals surface area contributed by atoms with Gasteiger partial charge in [0.05, 0.1) is 12.5 Å². The van der Waals surface area contributed by atoms with Crippen molar-refractivity contribution in [3.63, 3.8) is 0 Å². The SMILES string of the molecule is CCC(C)C(NC(=O)C(N)CC(=O)O)C(=O)NC(C(=O)NC(Cc1ccc(O)cc1)C(=O)O)C(C)C. The highest BCUT2D eigenvalue weighted by atomic mass is 16.4. The summed E-state index contributed by atoms with van der Waals surface area (Å²) in [4.78, 5) is 61.0. The molecule has 0 aromatic heterocycles. The average molecular weight is 509 g/mol. The summed E-state index contributed by atoms with van der Waals surface area (Å²) < 4.78 is 0. The number of nitrogens with one attached hydrogen (secondary N) is 3. The summed E-state index contributed by atoms with van der Waals surface area (Å²) >= 11 is 0. The van der Waals surface area contributed by atoms with Gasteiger partial charge in [0.2, 0.25) is 17.7 Å². The van der Waals surface area contributed by atoms with Gasteiger partial charge in [-0.2, -0.15) is 0 Å². The molecule has 1 aromatic carbocycles. The first-order valence-electron chi connectivity index (χ1n) is 11.7. The minimum Gasteiger partial charge on any atom is -0.508 e. The molecule has 5 atom stereocenters. The zero-order valence-corrected chi connectivity index (χ0v) is 20.9. The molecule has 0 bridgehead atoms. The number of amides is 3. The summed E-state index contributed by atoms with van der Waals surface area (Å²) in [7, 11) is 0. The highest BCUT2D eigenvalue weighted by Gasteiger charge is 2.34. The Bertz CT molecular complexity index is 935. The first-order chi connectivity index (χ1) is 16.8. The Morgan fingerprint density at radius 2 is 1.39 bits per heavy atom. The van der Waals surface area contributed by atoms with Gasteiger partial charge < -0.3 is 37.0 Å². The molecular formula is C24H36N4O8. The molecule has 0 saturated heterocycles. The van der Waals surface area contributed by atoms with Crippen molar-refractivity contribution in [1.82, 2.24) is 16.0 Å². The number of carbonyl (C=O) groups excluding carboxylic acids is 3. The van der Waals surface area contributed by atoms with Crippen LogP contribution < -0.4 is 21.7 Å². The Hall–Kier alpha value is -3.67. The van der Waals surface area contributed by atoms with E-state index in [2.05, 4.69) is 16.0 Å². The Morgan fingerprint density at radius 3 is 1.86 bits per heavy atom. The van der Waals surface area contributed by atoms with E-state index in [0.717, 1.165) is 0 Å². The molecule has 1 rings (SSSR count). The third kappa shape index (κ3) is 9.53. The first kappa shape index (κ1) is 30.4. The van der Waals surface area contributed by atoms with Crippen LogP contribution in [0.3, 0.4) is 0 Å². The van der Waals surface area contributed by atoms with Gasteiger partial charge in [-0.05, 0) is 29.5 Å². The molecule has 1 aromatic rings. The Kier molecular flexibility index (Phi) is 11.8. The molecule has 0 fully saturated rings. The second kappa shape index (κ2) is 14.0. The lowest BCUT2D eigenvalue weighted by molar-refractivity contribution is -0.142. The molecule has 3 amide bonds. The van der Waals surface area contributed by atoms with Crippen LogP contribution in [0.1, 0.15) is 46.1 Å². The summed E-state index contributed by atoms with van der Waals surface area (Å²) in [5.41, 5.74) is 6.17. The number of carboxylic acids is 2. The summed E-state index contributed by atoms with van der Waals surface area (Å²) in [5, 5.41) is 35.3. The Labute approximate surface area is 209 Å². The van der Waals surface area contributed by atoms with Gasteiger partial charge in [0.25, 0.3) is 0 Å². The minimum atomic E-state index is -1.36. The van der Waals surface area contributed by atoms with E-state index in [-0.39, 0.29) is 18.1 Å². The molecule has 0 aliphatic rings. The zero-order chi connectivity index (χ0) is 27.6. The Balaban J connectivity index is 3.00. The molecule has 0 radical (unpaired) electrons. The van der Waals surface area contributed by atoms with Gasteiger partial charge in [-0.1, -0.05) is 46.2 Å². The van der Waals surface area contributed by atoms with Crippen LogP contribution in [0.2, 0.25) is 0 Å². The van der Waals surface area contributed by atoms with Gasteiger partial charge in [-0.25, -0.2) is 4.79 Å². The van der Waals surface area contributed by atoms with Crippen LogP contribution in [0, 0.1) is 11.8 Å². The standard InChI is InChI=1S/C24H36N4O8/c1-5-13(4)20(28-21(32)16(25)11-18(30)31)23(34)27-19(12(2)3)22(33)26-17(24(35)36)10-14-6-8-15(29)9-7-14/h6-9,12-13,16-17,19-20,29H,5,10-11,25H2,1-4H3,(H,26,33)(H,27,34)(H,28,32)(H,30,31)(H,35,36). The first-order valence-corrected chi connectivity index (χ1v) is 11.7. The number of aromatic hydroxyl groups is 1. The van der Waals surface area contributed by atoms with Crippen LogP contribution in [-0.2, 0) is 30.4 Å². The lowest BCUT2D eigenvalue weighted by Crippen LogP contribution is -2.60. The predicted molar refractivity (Wildman–Crippen MR) is 130 cm³/mol. The number of benzene rings is 1. The fraction of sp³-hybridized carbons (Fsp3) is 0.542. The highest BCUT2D eigenvalue weighted by molar-refractivity contribution is 5.95. The quantitative estimate of drug-likeness (QED) is 0.180. The number of carbonyl (C=O) groups is 5. The molecule has 5 unspecified atom stereocenters. The number of hydrogen-bond donors (Lipinski definition) is 7. The second-order valence-corrected chi connectivity index (χ2v) is 9.08. The minimum absolute atomic E-state index is 0.0177. The molecule has 12 heteroatoms. The topological polar surface area (TPSA) is 208 Å². The fourth-order valence-electron chi connectivity index (χ4n) is 3.35. The van der Waals surface area contributed by atoms with Crippen molar-refractivity contribution in [3.05, 3.63) is 29.8 Å². The lowest BCUT2D eigenvalue weighted by Gasteiger charge is -2.29. The van der Waals surface area contributed by atoms with Crippen LogP contribution in [-0.4, -0.2) is 69.1 Å². The number of carboxylic acid groups (broad SMARTS) is 2. The van der Waals surface area contributed by atoms with Crippen molar-refractivity contribution in [2.24, 2.45) is 17.6 Å². The zero-order valence-electron chi connectivity index (χ0n) is 20.9. The Morgan fingerprint density at radius 1 is 0.861 bits per heavy atom. The lowest BCUT2D eigenvalue weighted by atomic mass is 9.95. The molecule has 200 valence electrons. The maximum Gasteiger partial charge on any atom is 0.326 e. The molecule has 0 heterocycles. The van der Waals surface area contributed by atoms with Crippen molar-refractivity contribution < 1.29 is 39.3 Å². The molecule has 36 heavy (non-hydrogen) atoms. The van der Waals surface area contributed by atoms with Gasteiger partial charge in [0.1, 0.15) is 23.9 Å². The van der Waals surface area contributed by atoms with E-state index in [1.807, 2.05) is 0 Å². The van der Waals surface area contributed by atoms with E-state index in [1.54, 1.807) is 27.7 Å². The van der Waals surface area contributed by atoms with E-state index < -0.39 is 66.2 Å². The van der Waals surface area contributed by atoms with E-state index in [0.29, 0.717) is 12.0 Å². The van der Waals surface area contributed by atoms with Crippen molar-refractivity contribution >= 4 is 29.7 Å². The summed E-state index contributed by atoms with van der Waals surface area (Å²) in [6.45, 7) is 6.83. The molecule has 0 spiro atoms. The number of rotatable bonds is 14. The number of phenolic OH excluding ortho intramolecular Hbond substituents is 1. The van der Waals surface area contributed by atoms with E-state index in [4.69, 9.17) is 10.8 Å². The maximum absolute atomic E-state index is 13.1. The number of nitrogens with two attached hydrogens (primary N) is 1. The molecule has 0 saturated carbocycles. The van der Waals surface area contributed by atoms with Gasteiger partial charge in [-0.15, -0.1) is 0 Å². The largest absolute Gasteiger partial charge is 0.508 e. The fourth-order valence-corrected chi connectivity index (χ4v) is 3.35. The molecule has 8 N–H and O–H groups in total. The number of hydrogen-bond acceptors (Lipinski definition) is 7. The molecular weight excluding hydrogens is 472 g/mol. The normalized spacial score (nSPS) is 15.2. The monoisotopic (exact) mass is 508 g/mol. The van der Waals surface area contributed by atoms with Crippen molar-refractivity contribution in [2.45, 2.75) is 71.1 Å². The summed E-state index contributed by atoms with van der Waals surface area (Å²) in [6.07, 6.45) is -0.179. The van der Waals surface area contributed by atoms with Crippen LogP contribution >= 0.6 is 0 Å². The second-order valence-electron chi connectivity index (χ2n) is 9.08. The van der Waals surface area contributed by atoms with Gasteiger partial charge >= 0.3 is 11.9 Å². The third-order valence-electron chi connectivity index (χ3n) is 5.76. The summed E-state index contributed by atoms with van der Waals surface area (Å²) in [5.74, 6) is -5.54. The van der Waals surface area contributed by atoms with Gasteiger partial charge in [0, 0.05) is 6.42 Å². The van der Waals surface area contributed by atoms with Crippen LogP contribution in [0.15, 0.2) is 24.3 Å². The van der Waals surface area contributed by atoms with Crippen LogP contribution in [0.4, 0.5) is 0 Å². The van der Waals surface area contributed by atoms with Crippen molar-refractivity contribution in [3.8, 4) is 5.75 Å². The highest BCUT2D eigenvalue weighted by Crippen LogP contribution is 2.13. The number of phenols is 1. The third-order valence-corrected chi connectivity index (χ3v) is 5.76. The predicted octanol–water partition coefficient (Wildman–Crippen LogP) is -0.0222. The number of aliphatic carboxylic acids is 2. The van der Waals surface area contributed by atoms with E-state index in [9.17, 15) is 34.2 Å². The van der Waals surface area contributed by atoms with Crippen molar-refractivity contribution in [2.75, 3.05) is 0 Å². The summed E-state index contributed by atoms with van der Waals surface area (Å²) in [6, 6.07) is 1.01. The molecule has 12 nitrogen and oxygen atoms in total.